The number of nitrogens with one attached hydrogen (secondary N) is 2. The van der Waals surface area contributed by atoms with Crippen LogP contribution < -0.4 is 10.6 Å². The molecule has 1 aliphatic rings. The molecule has 0 spiro atoms. The Bertz CT molecular complexity index is 280. The maximum absolute atomic E-state index is 12.3. The molecule has 0 radical (unpaired) electrons. The van der Waals surface area contributed by atoms with Crippen LogP contribution in [0.15, 0.2) is 0 Å². The molecule has 1 rings (SSSR count). The lowest BCUT2D eigenvalue weighted by Crippen LogP contribution is -2.58. The van der Waals surface area contributed by atoms with Crippen molar-refractivity contribution in [3.05, 3.63) is 0 Å². The fourth-order valence-corrected chi connectivity index (χ4v) is 3.12. The molecule has 0 aromatic rings. The van der Waals surface area contributed by atoms with E-state index in [0.29, 0.717) is 0 Å². The van der Waals surface area contributed by atoms with Crippen molar-refractivity contribution in [2.45, 2.75) is 50.9 Å². The van der Waals surface area contributed by atoms with Crippen LogP contribution in [0.5, 0.6) is 0 Å². The number of amides is 1. The van der Waals surface area contributed by atoms with Gasteiger partial charge in [-0.2, -0.15) is 11.8 Å². The van der Waals surface area contributed by atoms with Gasteiger partial charge in [-0.05, 0) is 38.0 Å². The van der Waals surface area contributed by atoms with Gasteiger partial charge in [0.05, 0.1) is 12.6 Å². The Labute approximate surface area is 114 Å². The first-order valence-electron chi connectivity index (χ1n) is 6.60. The smallest absolute Gasteiger partial charge is 0.237 e. The zero-order valence-corrected chi connectivity index (χ0v) is 12.6. The Morgan fingerprint density at radius 1 is 1.61 bits per heavy atom. The lowest BCUT2D eigenvalue weighted by molar-refractivity contribution is -0.127. The molecule has 1 heterocycles. The topological polar surface area (TPSA) is 61.4 Å². The van der Waals surface area contributed by atoms with Gasteiger partial charge in [0, 0.05) is 11.3 Å². The number of thioether (sulfide) groups is 1. The van der Waals surface area contributed by atoms with Crippen LogP contribution in [0.2, 0.25) is 0 Å². The summed E-state index contributed by atoms with van der Waals surface area (Å²) in [5.74, 6) is 0.0553. The van der Waals surface area contributed by atoms with E-state index in [1.54, 1.807) is 11.8 Å². The number of piperidine rings is 1. The van der Waals surface area contributed by atoms with Gasteiger partial charge >= 0.3 is 0 Å². The minimum absolute atomic E-state index is 0.00385. The maximum Gasteiger partial charge on any atom is 0.237 e. The first-order valence-corrected chi connectivity index (χ1v) is 7.88. The van der Waals surface area contributed by atoms with Gasteiger partial charge < -0.3 is 15.7 Å². The average molecular weight is 274 g/mol. The second kappa shape index (κ2) is 6.78. The van der Waals surface area contributed by atoms with Crippen molar-refractivity contribution in [3.63, 3.8) is 0 Å². The van der Waals surface area contributed by atoms with E-state index in [9.17, 15) is 9.90 Å². The van der Waals surface area contributed by atoms with Gasteiger partial charge in [0.2, 0.25) is 5.91 Å². The molecule has 1 amide bonds. The lowest BCUT2D eigenvalue weighted by Gasteiger charge is -2.39. The molecule has 106 valence electrons. The van der Waals surface area contributed by atoms with Crippen LogP contribution in [0.25, 0.3) is 0 Å². The lowest BCUT2D eigenvalue weighted by atomic mass is 9.77. The van der Waals surface area contributed by atoms with Crippen molar-refractivity contribution in [3.8, 4) is 0 Å². The Morgan fingerprint density at radius 3 is 2.78 bits per heavy atom. The van der Waals surface area contributed by atoms with Crippen molar-refractivity contribution >= 4 is 17.7 Å². The number of aliphatic hydroxyl groups excluding tert-OH is 1. The van der Waals surface area contributed by atoms with Gasteiger partial charge in [-0.15, -0.1) is 0 Å². The van der Waals surface area contributed by atoms with Gasteiger partial charge in [-0.1, -0.05) is 13.8 Å². The molecule has 0 aromatic heterocycles. The number of carbonyl (C=O) groups excluding carboxylic acids is 1. The molecule has 0 bridgehead atoms. The summed E-state index contributed by atoms with van der Waals surface area (Å²) < 4.78 is 0. The monoisotopic (exact) mass is 274 g/mol. The van der Waals surface area contributed by atoms with Crippen molar-refractivity contribution < 1.29 is 9.90 Å². The number of carbonyl (C=O) groups is 1. The highest BCUT2D eigenvalue weighted by Crippen LogP contribution is 2.30. The molecule has 3 atom stereocenters. The highest BCUT2D eigenvalue weighted by Gasteiger charge is 2.37. The van der Waals surface area contributed by atoms with Crippen molar-refractivity contribution in [1.29, 1.82) is 0 Å². The molecule has 5 heteroatoms. The van der Waals surface area contributed by atoms with Crippen LogP contribution in [0, 0.1) is 5.41 Å². The van der Waals surface area contributed by atoms with Crippen LogP contribution in [0.1, 0.15) is 33.6 Å². The predicted molar refractivity (Wildman–Crippen MR) is 76.8 cm³/mol. The minimum Gasteiger partial charge on any atom is -0.395 e. The highest BCUT2D eigenvalue weighted by atomic mass is 32.2. The van der Waals surface area contributed by atoms with Crippen molar-refractivity contribution in [1.82, 2.24) is 10.6 Å². The van der Waals surface area contributed by atoms with E-state index < -0.39 is 0 Å². The predicted octanol–water partition coefficient (Wildman–Crippen LogP) is 0.993. The molecule has 3 N–H and O–H groups in total. The van der Waals surface area contributed by atoms with Crippen LogP contribution in [-0.4, -0.2) is 47.8 Å². The second-order valence-corrected chi connectivity index (χ2v) is 6.81. The fraction of sp³-hybridized carbons (Fsp3) is 0.923. The van der Waals surface area contributed by atoms with E-state index in [1.807, 2.05) is 13.2 Å². The Hall–Kier alpha value is -0.260. The van der Waals surface area contributed by atoms with E-state index in [4.69, 9.17) is 0 Å². The molecular weight excluding hydrogens is 248 g/mol. The van der Waals surface area contributed by atoms with Gasteiger partial charge in [-0.25, -0.2) is 0 Å². The van der Waals surface area contributed by atoms with E-state index in [0.717, 1.165) is 19.4 Å². The quantitative estimate of drug-likeness (QED) is 0.700. The summed E-state index contributed by atoms with van der Waals surface area (Å²) in [5.41, 5.74) is -0.00385. The van der Waals surface area contributed by atoms with E-state index in [-0.39, 0.29) is 35.3 Å². The number of rotatable bonds is 5. The summed E-state index contributed by atoms with van der Waals surface area (Å²) in [6, 6.07) is -0.146. The molecule has 3 unspecified atom stereocenters. The van der Waals surface area contributed by atoms with E-state index in [2.05, 4.69) is 24.5 Å². The summed E-state index contributed by atoms with van der Waals surface area (Å²) >= 11 is 1.58. The van der Waals surface area contributed by atoms with Crippen LogP contribution in [0.4, 0.5) is 0 Å². The van der Waals surface area contributed by atoms with Gasteiger partial charge in [0.15, 0.2) is 0 Å². The van der Waals surface area contributed by atoms with E-state index in [1.165, 1.54) is 0 Å². The average Bonchev–Trinajstić information content (AvgIpc) is 2.29. The number of aliphatic hydroxyl groups is 1. The van der Waals surface area contributed by atoms with Gasteiger partial charge in [-0.3, -0.25) is 4.79 Å². The SMILES string of the molecule is CSC(CO)C(C)NC(=O)C1NCCCC1(C)C. The Kier molecular flexibility index (Phi) is 5.95. The molecule has 1 saturated heterocycles. The summed E-state index contributed by atoms with van der Waals surface area (Å²) in [6.07, 6.45) is 4.14. The summed E-state index contributed by atoms with van der Waals surface area (Å²) in [7, 11) is 0. The summed E-state index contributed by atoms with van der Waals surface area (Å²) in [5, 5.41) is 15.6. The molecule has 0 aromatic carbocycles. The normalized spacial score (nSPS) is 26.4. The first kappa shape index (κ1) is 15.8. The van der Waals surface area contributed by atoms with Crippen molar-refractivity contribution in [2.24, 2.45) is 5.41 Å². The fourth-order valence-electron chi connectivity index (χ4n) is 2.50. The molecule has 0 aliphatic carbocycles. The first-order chi connectivity index (χ1) is 8.42. The van der Waals surface area contributed by atoms with Crippen LogP contribution >= 0.6 is 11.8 Å². The zero-order valence-electron chi connectivity index (χ0n) is 11.8. The standard InChI is InChI=1S/C13H26N2O2S/c1-9(10(8-16)18-4)15-12(17)11-13(2,3)6-5-7-14-11/h9-11,14,16H,5-8H2,1-4H3,(H,15,17). The Morgan fingerprint density at radius 2 is 2.28 bits per heavy atom. The summed E-state index contributed by atoms with van der Waals surface area (Å²) in [6.45, 7) is 7.20. The van der Waals surface area contributed by atoms with Gasteiger partial charge in [0.25, 0.3) is 0 Å². The molecule has 18 heavy (non-hydrogen) atoms. The third-order valence-corrected chi connectivity index (χ3v) is 4.96. The molecular formula is C13H26N2O2S. The van der Waals surface area contributed by atoms with Crippen LogP contribution in [-0.2, 0) is 4.79 Å². The second-order valence-electron chi connectivity index (χ2n) is 5.73. The molecule has 1 fully saturated rings. The third-order valence-electron chi connectivity index (χ3n) is 3.80. The largest absolute Gasteiger partial charge is 0.395 e. The third kappa shape index (κ3) is 3.87. The molecule has 4 nitrogen and oxygen atoms in total. The Balaban J connectivity index is 2.58. The maximum atomic E-state index is 12.3. The minimum atomic E-state index is -0.130. The molecule has 0 saturated carbocycles. The molecule has 1 aliphatic heterocycles. The van der Waals surface area contributed by atoms with E-state index >= 15 is 0 Å². The zero-order chi connectivity index (χ0) is 13.8. The number of hydrogen-bond donors (Lipinski definition) is 3. The number of hydrogen-bond acceptors (Lipinski definition) is 4. The van der Waals surface area contributed by atoms with Crippen LogP contribution in [0.3, 0.4) is 0 Å². The highest BCUT2D eigenvalue weighted by molar-refractivity contribution is 7.99. The summed E-state index contributed by atoms with van der Waals surface area (Å²) in [4.78, 5) is 12.3. The van der Waals surface area contributed by atoms with Crippen molar-refractivity contribution in [2.75, 3.05) is 19.4 Å². The van der Waals surface area contributed by atoms with Gasteiger partial charge in [0.1, 0.15) is 0 Å².